The summed E-state index contributed by atoms with van der Waals surface area (Å²) in [7, 11) is 0. The molecule has 1 amide bonds. The second-order valence-corrected chi connectivity index (χ2v) is 11.1. The molecule has 9 nitrogen and oxygen atoms in total. The molecule has 2 N–H and O–H groups in total. The summed E-state index contributed by atoms with van der Waals surface area (Å²) in [6.07, 6.45) is -1.52. The third-order valence-electron chi connectivity index (χ3n) is 6.76. The van der Waals surface area contributed by atoms with E-state index in [1.165, 1.54) is 47.0 Å². The van der Waals surface area contributed by atoms with Gasteiger partial charge < -0.3 is 15.2 Å². The number of alkyl halides is 3. The first-order valence-electron chi connectivity index (χ1n) is 14.0. The number of nitrogens with one attached hydrogen (secondary N) is 1. The van der Waals surface area contributed by atoms with E-state index in [9.17, 15) is 23.1 Å². The predicted molar refractivity (Wildman–Crippen MR) is 164 cm³/mol. The zero-order valence-corrected chi connectivity index (χ0v) is 24.9. The number of nitrogens with zero attached hydrogens (tertiary/aromatic N) is 5. The summed E-state index contributed by atoms with van der Waals surface area (Å²) >= 11 is 1.30. The number of benzene rings is 3. The van der Waals surface area contributed by atoms with Crippen molar-refractivity contribution in [3.8, 4) is 11.4 Å². The van der Waals surface area contributed by atoms with E-state index in [2.05, 4.69) is 32.1 Å². The zero-order valence-electron chi connectivity index (χ0n) is 24.1. The molecule has 0 spiro atoms. The van der Waals surface area contributed by atoms with E-state index in [0.29, 0.717) is 35.2 Å². The molecule has 1 saturated heterocycles. The molecule has 1 aromatic heterocycles. The maximum atomic E-state index is 12.8. The largest absolute Gasteiger partial charge is 0.573 e. The highest BCUT2D eigenvalue weighted by molar-refractivity contribution is 8.15. The number of carbonyl (C=O) groups excluding carboxylic acids is 1. The Kier molecular flexibility index (Phi) is 9.55. The van der Waals surface area contributed by atoms with Crippen molar-refractivity contribution in [2.45, 2.75) is 52.2 Å². The van der Waals surface area contributed by atoms with Crippen molar-refractivity contribution < 1.29 is 27.8 Å². The van der Waals surface area contributed by atoms with Crippen LogP contribution in [-0.4, -0.2) is 49.4 Å². The van der Waals surface area contributed by atoms with Crippen LogP contribution in [0.1, 0.15) is 35.9 Å². The standard InChI is InChI=1S/C31H31F3N6O3S/c1-3-4-22-9-5-20(2)17-26(22)40-28(41)18-44-30(40)37-29(42)36-23-10-6-21(7-11-23)8-16-27-35-19-39(38-27)24-12-14-25(15-13-24)43-31(32,33)34/h5-7,9-15,17,19,29,36,42H,3-4,8,16,18H2,1-2H3. The first kappa shape index (κ1) is 31.1. The molecule has 1 fully saturated rings. The number of aryl methyl sites for hydroxylation is 4. The normalized spacial score (nSPS) is 15.2. The van der Waals surface area contributed by atoms with Gasteiger partial charge in [-0.3, -0.25) is 9.69 Å². The summed E-state index contributed by atoms with van der Waals surface area (Å²) < 4.78 is 42.5. The lowest BCUT2D eigenvalue weighted by Crippen LogP contribution is -2.32. The number of hydrogen-bond acceptors (Lipinski definition) is 8. The number of aliphatic hydroxyl groups excluding tert-OH is 1. The number of amidine groups is 1. The lowest BCUT2D eigenvalue weighted by Gasteiger charge is -2.21. The summed E-state index contributed by atoms with van der Waals surface area (Å²) in [5.74, 6) is 0.465. The molecule has 0 radical (unpaired) electrons. The van der Waals surface area contributed by atoms with Crippen LogP contribution in [-0.2, 0) is 24.1 Å². The molecule has 13 heteroatoms. The lowest BCUT2D eigenvalue weighted by molar-refractivity contribution is -0.274. The molecule has 230 valence electrons. The van der Waals surface area contributed by atoms with E-state index >= 15 is 0 Å². The molecule has 3 aromatic carbocycles. The molecule has 1 aliphatic rings. The van der Waals surface area contributed by atoms with Gasteiger partial charge in [-0.1, -0.05) is 49.4 Å². The first-order chi connectivity index (χ1) is 21.1. The minimum Gasteiger partial charge on any atom is -0.406 e. The number of rotatable bonds is 11. The fraction of sp³-hybridized carbons (Fsp3) is 0.290. The number of carbonyl (C=O) groups is 1. The van der Waals surface area contributed by atoms with Crippen LogP contribution < -0.4 is 15.0 Å². The van der Waals surface area contributed by atoms with Crippen LogP contribution >= 0.6 is 11.8 Å². The SMILES string of the molecule is CCCc1ccc(C)cc1N1C(=O)CSC1=NC(O)Nc1ccc(CCc2ncn(-c3ccc(OC(F)(F)F)cc3)n2)cc1. The van der Waals surface area contributed by atoms with E-state index in [-0.39, 0.29) is 17.4 Å². The van der Waals surface area contributed by atoms with Crippen LogP contribution in [0, 0.1) is 6.92 Å². The molecule has 1 atom stereocenters. The van der Waals surface area contributed by atoms with Crippen molar-refractivity contribution in [2.75, 3.05) is 16.0 Å². The average Bonchev–Trinajstić information content (AvgIpc) is 3.60. The molecule has 0 aliphatic carbocycles. The lowest BCUT2D eigenvalue weighted by atomic mass is 10.0. The van der Waals surface area contributed by atoms with E-state index in [0.717, 1.165) is 35.2 Å². The number of hydrogen-bond donors (Lipinski definition) is 2. The van der Waals surface area contributed by atoms with Gasteiger partial charge in [0.1, 0.15) is 12.1 Å². The van der Waals surface area contributed by atoms with Crippen molar-refractivity contribution in [2.24, 2.45) is 4.99 Å². The highest BCUT2D eigenvalue weighted by atomic mass is 32.2. The molecule has 0 saturated carbocycles. The molecule has 1 unspecified atom stereocenters. The molecule has 5 rings (SSSR count). The van der Waals surface area contributed by atoms with Gasteiger partial charge in [0.15, 0.2) is 11.0 Å². The highest BCUT2D eigenvalue weighted by Crippen LogP contribution is 2.32. The molecular formula is C31H31F3N6O3S. The van der Waals surface area contributed by atoms with Crippen LogP contribution in [0.15, 0.2) is 78.0 Å². The summed E-state index contributed by atoms with van der Waals surface area (Å²) in [4.78, 5) is 23.1. The summed E-state index contributed by atoms with van der Waals surface area (Å²) in [6, 6.07) is 18.9. The van der Waals surface area contributed by atoms with Crippen LogP contribution in [0.3, 0.4) is 0 Å². The molecule has 2 heterocycles. The number of amides is 1. The van der Waals surface area contributed by atoms with Crippen molar-refractivity contribution in [1.29, 1.82) is 0 Å². The Bertz CT molecular complexity index is 1620. The van der Waals surface area contributed by atoms with Gasteiger partial charge in [0, 0.05) is 12.1 Å². The van der Waals surface area contributed by atoms with Gasteiger partial charge in [-0.2, -0.15) is 5.10 Å². The quantitative estimate of drug-likeness (QED) is 0.196. The predicted octanol–water partition coefficient (Wildman–Crippen LogP) is 6.04. The zero-order chi connectivity index (χ0) is 31.3. The van der Waals surface area contributed by atoms with Gasteiger partial charge in [-0.15, -0.1) is 13.2 Å². The Morgan fingerprint density at radius 3 is 2.52 bits per heavy atom. The molecule has 0 bridgehead atoms. The second kappa shape index (κ2) is 13.5. The second-order valence-electron chi connectivity index (χ2n) is 10.2. The smallest absolute Gasteiger partial charge is 0.406 e. The molecule has 1 aliphatic heterocycles. The van der Waals surface area contributed by atoms with E-state index in [1.54, 1.807) is 4.90 Å². The fourth-order valence-corrected chi connectivity index (χ4v) is 5.59. The number of aromatic nitrogens is 3. The van der Waals surface area contributed by atoms with Gasteiger partial charge in [0.05, 0.1) is 17.1 Å². The molecular weight excluding hydrogens is 593 g/mol. The summed E-state index contributed by atoms with van der Waals surface area (Å²) in [5.41, 5.74) is 5.15. The number of aliphatic imine (C=N–C) groups is 1. The fourth-order valence-electron chi connectivity index (χ4n) is 4.70. The number of ether oxygens (including phenoxy) is 1. The first-order valence-corrected chi connectivity index (χ1v) is 15.0. The summed E-state index contributed by atoms with van der Waals surface area (Å²) in [6.45, 7) is 4.07. The van der Waals surface area contributed by atoms with Crippen LogP contribution in [0.2, 0.25) is 0 Å². The van der Waals surface area contributed by atoms with Crippen LogP contribution in [0.4, 0.5) is 24.5 Å². The Morgan fingerprint density at radius 1 is 1.07 bits per heavy atom. The third-order valence-corrected chi connectivity index (χ3v) is 7.70. The monoisotopic (exact) mass is 624 g/mol. The third kappa shape index (κ3) is 7.97. The number of halogens is 3. The maximum Gasteiger partial charge on any atom is 0.573 e. The average molecular weight is 625 g/mol. The Balaban J connectivity index is 1.17. The number of aliphatic hydroxyl groups is 1. The highest BCUT2D eigenvalue weighted by Gasteiger charge is 2.32. The Morgan fingerprint density at radius 2 is 1.82 bits per heavy atom. The van der Waals surface area contributed by atoms with Crippen molar-refractivity contribution in [1.82, 2.24) is 14.8 Å². The van der Waals surface area contributed by atoms with E-state index in [4.69, 9.17) is 0 Å². The van der Waals surface area contributed by atoms with Crippen LogP contribution in [0.5, 0.6) is 5.75 Å². The number of anilines is 2. The van der Waals surface area contributed by atoms with Crippen molar-refractivity contribution in [3.05, 3.63) is 95.6 Å². The van der Waals surface area contributed by atoms with Gasteiger partial charge in [0.25, 0.3) is 0 Å². The van der Waals surface area contributed by atoms with Gasteiger partial charge >= 0.3 is 6.36 Å². The van der Waals surface area contributed by atoms with Crippen molar-refractivity contribution >= 4 is 34.2 Å². The maximum absolute atomic E-state index is 12.8. The minimum atomic E-state index is -4.75. The minimum absolute atomic E-state index is 0.0685. The van der Waals surface area contributed by atoms with E-state index < -0.39 is 12.7 Å². The van der Waals surface area contributed by atoms with Crippen molar-refractivity contribution in [3.63, 3.8) is 0 Å². The van der Waals surface area contributed by atoms with Gasteiger partial charge in [-0.25, -0.2) is 14.7 Å². The topological polar surface area (TPSA) is 105 Å². The molecule has 4 aromatic rings. The number of thioether (sulfide) groups is 1. The Labute approximate surface area is 256 Å². The summed E-state index contributed by atoms with van der Waals surface area (Å²) in [5, 5.41) is 18.5. The Hall–Kier alpha value is -4.36. The molecule has 44 heavy (non-hydrogen) atoms. The van der Waals surface area contributed by atoms with Gasteiger partial charge in [0.2, 0.25) is 12.3 Å². The van der Waals surface area contributed by atoms with Crippen LogP contribution in [0.25, 0.3) is 5.69 Å². The van der Waals surface area contributed by atoms with Gasteiger partial charge in [-0.05, 0) is 78.9 Å². The van der Waals surface area contributed by atoms with E-state index in [1.807, 2.05) is 49.4 Å².